The molecule has 0 aliphatic carbocycles. The minimum atomic E-state index is -0.454. The molecule has 0 atom stereocenters. The van der Waals surface area contributed by atoms with Gasteiger partial charge < -0.3 is 10.7 Å². The van der Waals surface area contributed by atoms with Gasteiger partial charge in [-0.3, -0.25) is 16.0 Å². The number of para-hydroxylation sites is 1. The first-order valence-corrected chi connectivity index (χ1v) is 5.69. The summed E-state index contributed by atoms with van der Waals surface area (Å²) >= 11 is 0. The highest BCUT2D eigenvalue weighted by atomic mass is 16.6. The van der Waals surface area contributed by atoms with Crippen LogP contribution in [0.4, 0.5) is 22.7 Å². The molecule has 2 aromatic rings. The fraction of sp³-hybridized carbons (Fsp3) is 0.0769. The van der Waals surface area contributed by atoms with E-state index >= 15 is 0 Å². The Kier molecular flexibility index (Phi) is 3.63. The van der Waals surface area contributed by atoms with Crippen LogP contribution in [0.5, 0.6) is 0 Å². The first-order chi connectivity index (χ1) is 9.10. The standard InChI is InChI=1S/C13H14N4O2/c1-9-4-2-3-5-13(9)15-10-6-11(16-14)8-12(7-10)17(18)19/h2-8,15-16H,14H2,1H3. The highest BCUT2D eigenvalue weighted by molar-refractivity contribution is 5.69. The normalized spacial score (nSPS) is 10.0. The summed E-state index contributed by atoms with van der Waals surface area (Å²) in [6.07, 6.45) is 0. The Hall–Kier alpha value is -2.60. The van der Waals surface area contributed by atoms with Gasteiger partial charge in [0.15, 0.2) is 0 Å². The second-order valence-corrected chi connectivity index (χ2v) is 4.11. The van der Waals surface area contributed by atoms with Gasteiger partial charge >= 0.3 is 0 Å². The monoisotopic (exact) mass is 258 g/mol. The number of hydrazine groups is 1. The van der Waals surface area contributed by atoms with Crippen LogP contribution in [-0.4, -0.2) is 4.92 Å². The lowest BCUT2D eigenvalue weighted by Gasteiger charge is -2.10. The summed E-state index contributed by atoms with van der Waals surface area (Å²) in [6, 6.07) is 12.2. The zero-order valence-electron chi connectivity index (χ0n) is 10.4. The Labute approximate surface area is 110 Å². The molecule has 0 aliphatic rings. The molecule has 0 heterocycles. The number of benzene rings is 2. The lowest BCUT2D eigenvalue weighted by atomic mass is 10.2. The predicted molar refractivity (Wildman–Crippen MR) is 75.4 cm³/mol. The van der Waals surface area contributed by atoms with Gasteiger partial charge in [-0.25, -0.2) is 0 Å². The summed E-state index contributed by atoms with van der Waals surface area (Å²) in [5.41, 5.74) is 5.43. The van der Waals surface area contributed by atoms with Crippen LogP contribution < -0.4 is 16.6 Å². The topological polar surface area (TPSA) is 93.2 Å². The van der Waals surface area contributed by atoms with E-state index < -0.39 is 4.92 Å². The molecule has 6 nitrogen and oxygen atoms in total. The maximum absolute atomic E-state index is 10.8. The van der Waals surface area contributed by atoms with E-state index in [2.05, 4.69) is 10.7 Å². The van der Waals surface area contributed by atoms with Crippen LogP contribution in [0.2, 0.25) is 0 Å². The molecule has 0 radical (unpaired) electrons. The number of nitro groups is 1. The molecule has 0 saturated carbocycles. The minimum Gasteiger partial charge on any atom is -0.355 e. The maximum Gasteiger partial charge on any atom is 0.273 e. The zero-order valence-corrected chi connectivity index (χ0v) is 10.4. The number of nitro benzene ring substituents is 1. The predicted octanol–water partition coefficient (Wildman–Crippen LogP) is 2.93. The molecule has 0 aromatic heterocycles. The number of hydrogen-bond acceptors (Lipinski definition) is 5. The SMILES string of the molecule is Cc1ccccc1Nc1cc(NN)cc([N+](=O)[O-])c1. The molecule has 98 valence electrons. The molecule has 0 aliphatic heterocycles. The largest absolute Gasteiger partial charge is 0.355 e. The van der Waals surface area contributed by atoms with Gasteiger partial charge in [-0.15, -0.1) is 0 Å². The van der Waals surface area contributed by atoms with Gasteiger partial charge in [0.2, 0.25) is 0 Å². The minimum absolute atomic E-state index is 0.0217. The van der Waals surface area contributed by atoms with Gasteiger partial charge in [-0.05, 0) is 24.6 Å². The number of aryl methyl sites for hydroxylation is 1. The molecule has 0 unspecified atom stereocenters. The third kappa shape index (κ3) is 2.99. The van der Waals surface area contributed by atoms with Gasteiger partial charge in [0, 0.05) is 23.5 Å². The third-order valence-corrected chi connectivity index (χ3v) is 2.72. The average Bonchev–Trinajstić information content (AvgIpc) is 2.41. The molecule has 0 fully saturated rings. The van der Waals surface area contributed by atoms with Crippen molar-refractivity contribution >= 4 is 22.7 Å². The molecule has 0 spiro atoms. The van der Waals surface area contributed by atoms with Crippen molar-refractivity contribution in [2.45, 2.75) is 6.92 Å². The van der Waals surface area contributed by atoms with Crippen LogP contribution in [0.3, 0.4) is 0 Å². The Morgan fingerprint density at radius 1 is 1.16 bits per heavy atom. The van der Waals surface area contributed by atoms with Crippen LogP contribution >= 0.6 is 0 Å². The Morgan fingerprint density at radius 2 is 1.84 bits per heavy atom. The number of hydrogen-bond donors (Lipinski definition) is 3. The van der Waals surface area contributed by atoms with Crippen molar-refractivity contribution in [2.24, 2.45) is 5.84 Å². The molecule has 6 heteroatoms. The van der Waals surface area contributed by atoms with Crippen molar-refractivity contribution in [3.63, 3.8) is 0 Å². The highest BCUT2D eigenvalue weighted by Crippen LogP contribution is 2.27. The molecule has 0 amide bonds. The van der Waals surface area contributed by atoms with Crippen LogP contribution in [0, 0.1) is 17.0 Å². The van der Waals surface area contributed by atoms with E-state index in [9.17, 15) is 10.1 Å². The Morgan fingerprint density at radius 3 is 2.47 bits per heavy atom. The average molecular weight is 258 g/mol. The van der Waals surface area contributed by atoms with Crippen LogP contribution in [0.15, 0.2) is 42.5 Å². The van der Waals surface area contributed by atoms with E-state index in [4.69, 9.17) is 5.84 Å². The summed E-state index contributed by atoms with van der Waals surface area (Å²) in [4.78, 5) is 10.4. The summed E-state index contributed by atoms with van der Waals surface area (Å²) < 4.78 is 0. The number of nitrogens with zero attached hydrogens (tertiary/aromatic N) is 1. The summed E-state index contributed by atoms with van der Waals surface area (Å²) in [6.45, 7) is 1.96. The van der Waals surface area contributed by atoms with E-state index in [1.807, 2.05) is 31.2 Å². The number of anilines is 3. The second kappa shape index (κ2) is 5.36. The fourth-order valence-electron chi connectivity index (χ4n) is 1.74. The number of nitrogen functional groups attached to an aromatic ring is 1. The molecule has 0 bridgehead atoms. The number of non-ortho nitro benzene ring substituents is 1. The van der Waals surface area contributed by atoms with Gasteiger partial charge in [0.05, 0.1) is 10.6 Å². The first-order valence-electron chi connectivity index (χ1n) is 5.69. The van der Waals surface area contributed by atoms with E-state index in [-0.39, 0.29) is 5.69 Å². The van der Waals surface area contributed by atoms with Crippen LogP contribution in [0.1, 0.15) is 5.56 Å². The van der Waals surface area contributed by atoms with Crippen molar-refractivity contribution in [1.29, 1.82) is 0 Å². The van der Waals surface area contributed by atoms with Crippen molar-refractivity contribution < 1.29 is 4.92 Å². The smallest absolute Gasteiger partial charge is 0.273 e. The molecule has 4 N–H and O–H groups in total. The third-order valence-electron chi connectivity index (χ3n) is 2.72. The van der Waals surface area contributed by atoms with Crippen LogP contribution in [-0.2, 0) is 0 Å². The van der Waals surface area contributed by atoms with Crippen LogP contribution in [0.25, 0.3) is 0 Å². The molecule has 2 rings (SSSR count). The molecule has 19 heavy (non-hydrogen) atoms. The maximum atomic E-state index is 10.8. The van der Waals surface area contributed by atoms with E-state index in [1.54, 1.807) is 6.07 Å². The van der Waals surface area contributed by atoms with Gasteiger partial charge in [0.1, 0.15) is 0 Å². The molecule has 2 aromatic carbocycles. The van der Waals surface area contributed by atoms with Crippen molar-refractivity contribution in [1.82, 2.24) is 0 Å². The van der Waals surface area contributed by atoms with Crippen molar-refractivity contribution in [3.05, 3.63) is 58.1 Å². The molecular formula is C13H14N4O2. The zero-order chi connectivity index (χ0) is 13.8. The van der Waals surface area contributed by atoms with Crippen molar-refractivity contribution in [3.8, 4) is 0 Å². The van der Waals surface area contributed by atoms with Gasteiger partial charge in [0.25, 0.3) is 5.69 Å². The fourth-order valence-corrected chi connectivity index (χ4v) is 1.74. The first kappa shape index (κ1) is 12.8. The number of rotatable bonds is 4. The Bertz CT molecular complexity index is 613. The number of nitrogens with one attached hydrogen (secondary N) is 2. The van der Waals surface area contributed by atoms with Crippen molar-refractivity contribution in [2.75, 3.05) is 10.7 Å². The highest BCUT2D eigenvalue weighted by Gasteiger charge is 2.10. The lowest BCUT2D eigenvalue weighted by molar-refractivity contribution is -0.384. The van der Waals surface area contributed by atoms with E-state index in [1.165, 1.54) is 12.1 Å². The molecule has 0 saturated heterocycles. The van der Waals surface area contributed by atoms with E-state index in [0.29, 0.717) is 11.4 Å². The van der Waals surface area contributed by atoms with Gasteiger partial charge in [-0.1, -0.05) is 18.2 Å². The quantitative estimate of drug-likeness (QED) is 0.445. The number of nitrogens with two attached hydrogens (primary N) is 1. The lowest BCUT2D eigenvalue weighted by Crippen LogP contribution is -2.07. The molecular weight excluding hydrogens is 244 g/mol. The second-order valence-electron chi connectivity index (χ2n) is 4.11. The van der Waals surface area contributed by atoms with Gasteiger partial charge in [-0.2, -0.15) is 0 Å². The Balaban J connectivity index is 2.37. The summed E-state index contributed by atoms with van der Waals surface area (Å²) in [7, 11) is 0. The summed E-state index contributed by atoms with van der Waals surface area (Å²) in [5.74, 6) is 5.31. The summed E-state index contributed by atoms with van der Waals surface area (Å²) in [5, 5.41) is 14.0. The van der Waals surface area contributed by atoms with E-state index in [0.717, 1.165) is 11.3 Å².